The van der Waals surface area contributed by atoms with E-state index in [1.54, 1.807) is 18.3 Å². The van der Waals surface area contributed by atoms with E-state index in [0.717, 1.165) is 24.1 Å². The normalized spacial score (nSPS) is 16.2. The van der Waals surface area contributed by atoms with Gasteiger partial charge in [0.15, 0.2) is 0 Å². The fourth-order valence-corrected chi connectivity index (χ4v) is 4.80. The molecule has 28 heavy (non-hydrogen) atoms. The smallest absolute Gasteiger partial charge is 0.244 e. The lowest BCUT2D eigenvalue weighted by molar-refractivity contribution is 0.477. The van der Waals surface area contributed by atoms with Crippen molar-refractivity contribution in [2.24, 2.45) is 0 Å². The summed E-state index contributed by atoms with van der Waals surface area (Å²) in [7, 11) is -3.43. The Labute approximate surface area is 165 Å². The highest BCUT2D eigenvalue weighted by molar-refractivity contribution is 7.89. The summed E-state index contributed by atoms with van der Waals surface area (Å²) in [5.41, 5.74) is 2.10. The van der Waals surface area contributed by atoms with Gasteiger partial charge in [-0.1, -0.05) is 12.1 Å². The molecule has 3 aromatic rings. The molecule has 3 heterocycles. The van der Waals surface area contributed by atoms with E-state index in [4.69, 9.17) is 0 Å². The second-order valence-corrected chi connectivity index (χ2v) is 8.84. The van der Waals surface area contributed by atoms with Crippen molar-refractivity contribution in [1.29, 1.82) is 0 Å². The van der Waals surface area contributed by atoms with Gasteiger partial charge in [0.25, 0.3) is 0 Å². The molecule has 0 aliphatic carbocycles. The number of rotatable bonds is 6. The van der Waals surface area contributed by atoms with Crippen LogP contribution in [0.4, 0.5) is 5.82 Å². The van der Waals surface area contributed by atoms with Gasteiger partial charge < -0.3 is 5.32 Å². The SMILES string of the molecule is CC(Nc1ccc(S(=O)(=O)N2CCCC2)cn1)c1ccc(-n2cccn2)cc1. The first-order valence-corrected chi connectivity index (χ1v) is 10.8. The lowest BCUT2D eigenvalue weighted by Crippen LogP contribution is -2.27. The van der Waals surface area contributed by atoms with Crippen LogP contribution in [0.2, 0.25) is 0 Å². The van der Waals surface area contributed by atoms with E-state index >= 15 is 0 Å². The molecule has 146 valence electrons. The minimum Gasteiger partial charge on any atom is -0.364 e. The van der Waals surface area contributed by atoms with E-state index < -0.39 is 10.0 Å². The van der Waals surface area contributed by atoms with Gasteiger partial charge in [-0.25, -0.2) is 18.1 Å². The van der Waals surface area contributed by atoms with Gasteiger partial charge >= 0.3 is 0 Å². The number of nitrogens with zero attached hydrogens (tertiary/aromatic N) is 4. The first kappa shape index (κ1) is 18.6. The molecule has 0 radical (unpaired) electrons. The summed E-state index contributed by atoms with van der Waals surface area (Å²) in [4.78, 5) is 4.56. The summed E-state index contributed by atoms with van der Waals surface area (Å²) in [6, 6.07) is 13.4. The zero-order valence-corrected chi connectivity index (χ0v) is 16.5. The third-order valence-electron chi connectivity index (χ3n) is 4.97. The Bertz CT molecular complexity index is 1010. The number of hydrogen-bond donors (Lipinski definition) is 1. The molecule has 1 aliphatic heterocycles. The first-order chi connectivity index (χ1) is 13.5. The Kier molecular flexibility index (Phi) is 5.15. The summed E-state index contributed by atoms with van der Waals surface area (Å²) in [6.07, 6.45) is 6.92. The highest BCUT2D eigenvalue weighted by Crippen LogP contribution is 2.23. The second-order valence-electron chi connectivity index (χ2n) is 6.90. The van der Waals surface area contributed by atoms with Crippen LogP contribution in [0, 0.1) is 0 Å². The molecule has 1 saturated heterocycles. The van der Waals surface area contributed by atoms with Gasteiger partial charge in [0.2, 0.25) is 10.0 Å². The van der Waals surface area contributed by atoms with Gasteiger partial charge in [0.05, 0.1) is 5.69 Å². The first-order valence-electron chi connectivity index (χ1n) is 9.37. The summed E-state index contributed by atoms with van der Waals surface area (Å²) < 4.78 is 28.5. The van der Waals surface area contributed by atoms with Crippen molar-refractivity contribution in [3.63, 3.8) is 0 Å². The Morgan fingerprint density at radius 2 is 1.82 bits per heavy atom. The Morgan fingerprint density at radius 1 is 1.07 bits per heavy atom. The fraction of sp³-hybridized carbons (Fsp3) is 0.300. The minimum atomic E-state index is -3.43. The molecule has 1 N–H and O–H groups in total. The van der Waals surface area contributed by atoms with Gasteiger partial charge in [0, 0.05) is 37.7 Å². The van der Waals surface area contributed by atoms with E-state index in [1.165, 1.54) is 10.5 Å². The topological polar surface area (TPSA) is 80.1 Å². The Hall–Kier alpha value is -2.71. The molecule has 0 amide bonds. The van der Waals surface area contributed by atoms with Gasteiger partial charge in [-0.2, -0.15) is 9.40 Å². The predicted octanol–water partition coefficient (Wildman–Crippen LogP) is 3.22. The molecule has 4 rings (SSSR count). The third-order valence-corrected chi connectivity index (χ3v) is 6.85. The van der Waals surface area contributed by atoms with E-state index in [0.29, 0.717) is 18.9 Å². The maximum Gasteiger partial charge on any atom is 0.244 e. The van der Waals surface area contributed by atoms with E-state index in [9.17, 15) is 8.42 Å². The average Bonchev–Trinajstić information content (AvgIpc) is 3.43. The largest absolute Gasteiger partial charge is 0.364 e. The van der Waals surface area contributed by atoms with Crippen LogP contribution in [0.25, 0.3) is 5.69 Å². The highest BCUT2D eigenvalue weighted by Gasteiger charge is 2.27. The number of pyridine rings is 1. The average molecular weight is 398 g/mol. The fourth-order valence-electron chi connectivity index (χ4n) is 3.34. The van der Waals surface area contributed by atoms with Crippen LogP contribution in [0.3, 0.4) is 0 Å². The zero-order chi connectivity index (χ0) is 19.6. The summed E-state index contributed by atoms with van der Waals surface area (Å²) in [6.45, 7) is 3.22. The lowest BCUT2D eigenvalue weighted by Gasteiger charge is -2.17. The second kappa shape index (κ2) is 7.73. The quantitative estimate of drug-likeness (QED) is 0.691. The summed E-state index contributed by atoms with van der Waals surface area (Å²) >= 11 is 0. The zero-order valence-electron chi connectivity index (χ0n) is 15.7. The number of aromatic nitrogens is 3. The molecular formula is C20H23N5O2S. The van der Waals surface area contributed by atoms with E-state index in [2.05, 4.69) is 15.4 Å². The van der Waals surface area contributed by atoms with Crippen molar-refractivity contribution in [3.05, 3.63) is 66.6 Å². The molecule has 1 atom stereocenters. The predicted molar refractivity (Wildman–Crippen MR) is 108 cm³/mol. The number of benzene rings is 1. The van der Waals surface area contributed by atoms with Crippen molar-refractivity contribution < 1.29 is 8.42 Å². The van der Waals surface area contributed by atoms with Gasteiger partial charge in [-0.15, -0.1) is 0 Å². The molecule has 0 saturated carbocycles. The van der Waals surface area contributed by atoms with E-state index in [1.807, 2.05) is 48.1 Å². The number of anilines is 1. The van der Waals surface area contributed by atoms with Crippen LogP contribution in [0.15, 0.2) is 66.0 Å². The third kappa shape index (κ3) is 3.79. The van der Waals surface area contributed by atoms with Crippen molar-refractivity contribution in [2.75, 3.05) is 18.4 Å². The molecule has 1 aromatic carbocycles. The molecule has 1 fully saturated rings. The highest BCUT2D eigenvalue weighted by atomic mass is 32.2. The number of sulfonamides is 1. The van der Waals surface area contributed by atoms with Crippen LogP contribution in [0.1, 0.15) is 31.4 Å². The summed E-state index contributed by atoms with van der Waals surface area (Å²) in [5.74, 6) is 0.643. The molecule has 1 aliphatic rings. The standard InChI is InChI=1S/C20H23N5O2S/c1-16(17-5-7-18(8-6-17)25-14-4-11-22-25)23-20-10-9-19(15-21-20)28(26,27)24-12-2-3-13-24/h4-11,14-16H,2-3,12-13H2,1H3,(H,21,23). The molecule has 2 aromatic heterocycles. The minimum absolute atomic E-state index is 0.0280. The summed E-state index contributed by atoms with van der Waals surface area (Å²) in [5, 5.41) is 7.54. The number of hydrogen-bond acceptors (Lipinski definition) is 5. The van der Waals surface area contributed by atoms with Crippen LogP contribution in [-0.4, -0.2) is 40.6 Å². The van der Waals surface area contributed by atoms with Crippen LogP contribution in [-0.2, 0) is 10.0 Å². The Balaban J connectivity index is 1.44. The van der Waals surface area contributed by atoms with Crippen molar-refractivity contribution in [1.82, 2.24) is 19.1 Å². The monoisotopic (exact) mass is 397 g/mol. The molecule has 0 bridgehead atoms. The van der Waals surface area contributed by atoms with Crippen molar-refractivity contribution in [3.8, 4) is 5.69 Å². The van der Waals surface area contributed by atoms with Crippen molar-refractivity contribution >= 4 is 15.8 Å². The van der Waals surface area contributed by atoms with Crippen LogP contribution in [0.5, 0.6) is 0 Å². The molecule has 8 heteroatoms. The van der Waals surface area contributed by atoms with Crippen LogP contribution >= 0.6 is 0 Å². The van der Waals surface area contributed by atoms with Gasteiger partial charge in [-0.3, -0.25) is 0 Å². The van der Waals surface area contributed by atoms with Gasteiger partial charge in [0.1, 0.15) is 10.7 Å². The molecule has 1 unspecified atom stereocenters. The van der Waals surface area contributed by atoms with Crippen molar-refractivity contribution in [2.45, 2.75) is 30.7 Å². The number of nitrogens with one attached hydrogen (secondary N) is 1. The maximum atomic E-state index is 12.6. The van der Waals surface area contributed by atoms with E-state index in [-0.39, 0.29) is 10.9 Å². The molecule has 7 nitrogen and oxygen atoms in total. The maximum absolute atomic E-state index is 12.6. The molecular weight excluding hydrogens is 374 g/mol. The van der Waals surface area contributed by atoms with Crippen LogP contribution < -0.4 is 5.32 Å². The Morgan fingerprint density at radius 3 is 2.43 bits per heavy atom. The lowest BCUT2D eigenvalue weighted by atomic mass is 10.1. The molecule has 0 spiro atoms. The van der Waals surface area contributed by atoms with Gasteiger partial charge in [-0.05, 0) is 55.7 Å².